The van der Waals surface area contributed by atoms with Crippen LogP contribution in [0.5, 0.6) is 5.75 Å². The van der Waals surface area contributed by atoms with Crippen LogP contribution in [0.3, 0.4) is 0 Å². The standard InChI is InChI=1S/C13H17NO4/c1-16-14-13(15)10-4-2-5-11(8-10)18-9-12-6-3-7-17-12/h2,4-5,8,12H,3,6-7,9H2,1H3,(H,14,15)/t12-/m1/s1. The van der Waals surface area contributed by atoms with Crippen LogP contribution < -0.4 is 10.2 Å². The Balaban J connectivity index is 1.91. The molecular formula is C13H17NO4. The van der Waals surface area contributed by atoms with Crippen LogP contribution in [-0.2, 0) is 9.57 Å². The highest BCUT2D eigenvalue weighted by atomic mass is 16.6. The van der Waals surface area contributed by atoms with Crippen molar-refractivity contribution in [3.8, 4) is 5.75 Å². The van der Waals surface area contributed by atoms with Gasteiger partial charge in [-0.25, -0.2) is 5.48 Å². The molecule has 1 aliphatic heterocycles. The first kappa shape index (κ1) is 12.9. The molecule has 0 unspecified atom stereocenters. The molecule has 1 saturated heterocycles. The fraction of sp³-hybridized carbons (Fsp3) is 0.462. The number of carbonyl (C=O) groups is 1. The fourth-order valence-corrected chi connectivity index (χ4v) is 1.84. The molecule has 1 fully saturated rings. The summed E-state index contributed by atoms with van der Waals surface area (Å²) in [5, 5.41) is 0. The first-order chi connectivity index (χ1) is 8.79. The lowest BCUT2D eigenvalue weighted by Gasteiger charge is -2.12. The van der Waals surface area contributed by atoms with E-state index in [0.29, 0.717) is 17.9 Å². The second kappa shape index (κ2) is 6.37. The Kier molecular flexibility index (Phi) is 4.55. The third-order valence-corrected chi connectivity index (χ3v) is 2.75. The van der Waals surface area contributed by atoms with Crippen LogP contribution in [0.1, 0.15) is 23.2 Å². The number of benzene rings is 1. The van der Waals surface area contributed by atoms with Crippen LogP contribution >= 0.6 is 0 Å². The molecule has 1 aromatic rings. The summed E-state index contributed by atoms with van der Waals surface area (Å²) in [5.74, 6) is 0.370. The number of hydrogen-bond acceptors (Lipinski definition) is 4. The van der Waals surface area contributed by atoms with Crippen molar-refractivity contribution in [1.29, 1.82) is 0 Å². The fourth-order valence-electron chi connectivity index (χ4n) is 1.84. The van der Waals surface area contributed by atoms with Crippen molar-refractivity contribution in [2.75, 3.05) is 20.3 Å². The maximum Gasteiger partial charge on any atom is 0.274 e. The molecule has 0 radical (unpaired) electrons. The molecule has 1 aliphatic rings. The van der Waals surface area contributed by atoms with Gasteiger partial charge in [0, 0.05) is 12.2 Å². The van der Waals surface area contributed by atoms with E-state index < -0.39 is 0 Å². The molecule has 98 valence electrons. The van der Waals surface area contributed by atoms with Crippen LogP contribution in [0, 0.1) is 0 Å². The number of rotatable bonds is 5. The minimum atomic E-state index is -0.292. The van der Waals surface area contributed by atoms with Crippen molar-refractivity contribution in [2.24, 2.45) is 0 Å². The molecule has 18 heavy (non-hydrogen) atoms. The number of carbonyl (C=O) groups excluding carboxylic acids is 1. The summed E-state index contributed by atoms with van der Waals surface area (Å²) in [5.41, 5.74) is 2.77. The minimum absolute atomic E-state index is 0.168. The molecule has 0 aliphatic carbocycles. The van der Waals surface area contributed by atoms with Crippen LogP contribution in [0.2, 0.25) is 0 Å². The van der Waals surface area contributed by atoms with E-state index in [9.17, 15) is 4.79 Å². The zero-order valence-electron chi connectivity index (χ0n) is 10.3. The minimum Gasteiger partial charge on any atom is -0.491 e. The van der Waals surface area contributed by atoms with Gasteiger partial charge in [-0.1, -0.05) is 6.07 Å². The van der Waals surface area contributed by atoms with Gasteiger partial charge < -0.3 is 9.47 Å². The Hall–Kier alpha value is -1.59. The molecule has 0 saturated carbocycles. The van der Waals surface area contributed by atoms with Crippen LogP contribution in [0.15, 0.2) is 24.3 Å². The second-order valence-corrected chi connectivity index (χ2v) is 4.11. The lowest BCUT2D eigenvalue weighted by Crippen LogP contribution is -2.22. The van der Waals surface area contributed by atoms with E-state index in [1.807, 2.05) is 6.07 Å². The van der Waals surface area contributed by atoms with E-state index in [1.165, 1.54) is 7.11 Å². The van der Waals surface area contributed by atoms with Gasteiger partial charge >= 0.3 is 0 Å². The molecule has 0 aromatic heterocycles. The lowest BCUT2D eigenvalue weighted by atomic mass is 10.2. The number of amides is 1. The van der Waals surface area contributed by atoms with Crippen molar-refractivity contribution in [3.63, 3.8) is 0 Å². The Morgan fingerprint density at radius 1 is 1.56 bits per heavy atom. The summed E-state index contributed by atoms with van der Waals surface area (Å²) in [6, 6.07) is 6.98. The molecule has 5 heteroatoms. The molecular weight excluding hydrogens is 234 g/mol. The van der Waals surface area contributed by atoms with E-state index >= 15 is 0 Å². The quantitative estimate of drug-likeness (QED) is 0.806. The monoisotopic (exact) mass is 251 g/mol. The van der Waals surface area contributed by atoms with E-state index in [4.69, 9.17) is 9.47 Å². The summed E-state index contributed by atoms with van der Waals surface area (Å²) in [6.07, 6.45) is 2.29. The van der Waals surface area contributed by atoms with Gasteiger partial charge in [0.2, 0.25) is 0 Å². The molecule has 0 bridgehead atoms. The van der Waals surface area contributed by atoms with Crippen molar-refractivity contribution in [1.82, 2.24) is 5.48 Å². The highest BCUT2D eigenvalue weighted by Crippen LogP contribution is 2.17. The van der Waals surface area contributed by atoms with E-state index in [2.05, 4.69) is 10.3 Å². The number of nitrogens with one attached hydrogen (secondary N) is 1. The summed E-state index contributed by atoms with van der Waals surface area (Å²) in [6.45, 7) is 1.33. The average Bonchev–Trinajstić information content (AvgIpc) is 2.90. The van der Waals surface area contributed by atoms with E-state index in [1.54, 1.807) is 18.2 Å². The van der Waals surface area contributed by atoms with Crippen molar-refractivity contribution in [2.45, 2.75) is 18.9 Å². The first-order valence-electron chi connectivity index (χ1n) is 5.97. The smallest absolute Gasteiger partial charge is 0.274 e. The lowest BCUT2D eigenvalue weighted by molar-refractivity contribution is 0.0536. The normalized spacial score (nSPS) is 18.6. The van der Waals surface area contributed by atoms with Gasteiger partial charge in [0.15, 0.2) is 0 Å². The SMILES string of the molecule is CONC(=O)c1cccc(OC[C@H]2CCCO2)c1. The summed E-state index contributed by atoms with van der Waals surface area (Å²) in [4.78, 5) is 16.1. The van der Waals surface area contributed by atoms with Gasteiger partial charge in [-0.3, -0.25) is 9.63 Å². The third-order valence-electron chi connectivity index (χ3n) is 2.75. The van der Waals surface area contributed by atoms with Gasteiger partial charge in [-0.2, -0.15) is 0 Å². The Morgan fingerprint density at radius 3 is 3.17 bits per heavy atom. The zero-order valence-corrected chi connectivity index (χ0v) is 10.3. The van der Waals surface area contributed by atoms with Crippen molar-refractivity contribution < 1.29 is 19.1 Å². The van der Waals surface area contributed by atoms with Gasteiger partial charge in [-0.05, 0) is 31.0 Å². The summed E-state index contributed by atoms with van der Waals surface area (Å²) < 4.78 is 11.1. The predicted octanol–water partition coefficient (Wildman–Crippen LogP) is 1.54. The maximum atomic E-state index is 11.5. The molecule has 1 heterocycles. The molecule has 1 amide bonds. The van der Waals surface area contributed by atoms with Gasteiger partial charge in [0.05, 0.1) is 13.2 Å². The Morgan fingerprint density at radius 2 is 2.44 bits per heavy atom. The number of hydrogen-bond donors (Lipinski definition) is 1. The summed E-state index contributed by atoms with van der Waals surface area (Å²) in [7, 11) is 1.40. The molecule has 0 spiro atoms. The highest BCUT2D eigenvalue weighted by molar-refractivity contribution is 5.93. The van der Waals surface area contributed by atoms with E-state index in [0.717, 1.165) is 19.4 Å². The average molecular weight is 251 g/mol. The molecule has 5 nitrogen and oxygen atoms in total. The van der Waals surface area contributed by atoms with Crippen LogP contribution in [0.25, 0.3) is 0 Å². The zero-order chi connectivity index (χ0) is 12.8. The van der Waals surface area contributed by atoms with Crippen molar-refractivity contribution in [3.05, 3.63) is 29.8 Å². The van der Waals surface area contributed by atoms with E-state index in [-0.39, 0.29) is 12.0 Å². The topological polar surface area (TPSA) is 56.8 Å². The predicted molar refractivity (Wildman–Crippen MR) is 65.4 cm³/mol. The maximum absolute atomic E-state index is 11.5. The number of ether oxygens (including phenoxy) is 2. The molecule has 1 aromatic carbocycles. The first-order valence-corrected chi connectivity index (χ1v) is 5.97. The third kappa shape index (κ3) is 3.45. The van der Waals surface area contributed by atoms with Gasteiger partial charge in [0.25, 0.3) is 5.91 Å². The summed E-state index contributed by atoms with van der Waals surface area (Å²) >= 11 is 0. The van der Waals surface area contributed by atoms with Gasteiger partial charge in [-0.15, -0.1) is 0 Å². The van der Waals surface area contributed by atoms with Crippen molar-refractivity contribution >= 4 is 5.91 Å². The number of hydroxylamine groups is 1. The van der Waals surface area contributed by atoms with Gasteiger partial charge in [0.1, 0.15) is 12.4 Å². The second-order valence-electron chi connectivity index (χ2n) is 4.11. The molecule has 2 rings (SSSR count). The highest BCUT2D eigenvalue weighted by Gasteiger charge is 2.16. The largest absolute Gasteiger partial charge is 0.491 e. The Bertz CT molecular complexity index is 402. The molecule has 1 N–H and O–H groups in total. The molecule has 1 atom stereocenters. The van der Waals surface area contributed by atoms with Crippen LogP contribution in [-0.4, -0.2) is 32.3 Å². The Labute approximate surface area is 106 Å². The van der Waals surface area contributed by atoms with Crippen LogP contribution in [0.4, 0.5) is 0 Å².